The van der Waals surface area contributed by atoms with Gasteiger partial charge in [0.1, 0.15) is 41.8 Å². The summed E-state index contributed by atoms with van der Waals surface area (Å²) in [6.07, 6.45) is -0.588. The number of nitrogens with zero attached hydrogens (tertiary/aromatic N) is 5. The van der Waals surface area contributed by atoms with Gasteiger partial charge >= 0.3 is 0 Å². The molecule has 7 N–H and O–H groups in total. The molecule has 0 bridgehead atoms. The predicted molar refractivity (Wildman–Crippen MR) is 182 cm³/mol. The molecule has 0 spiro atoms. The van der Waals surface area contributed by atoms with Gasteiger partial charge in [0.15, 0.2) is 11.5 Å². The number of imidazole rings is 1. The maximum atomic E-state index is 12.6. The van der Waals surface area contributed by atoms with Crippen molar-refractivity contribution in [1.82, 2.24) is 24.6 Å². The molecule has 14 nitrogen and oxygen atoms in total. The molecule has 15 heteroatoms. The Morgan fingerprint density at radius 2 is 1.61 bits per heavy atom. The molecule has 256 valence electrons. The van der Waals surface area contributed by atoms with Gasteiger partial charge in [-0.05, 0) is 17.7 Å². The number of nitriles is 1. The van der Waals surface area contributed by atoms with Crippen LogP contribution in [-0.2, 0) is 10.2 Å². The van der Waals surface area contributed by atoms with E-state index < -0.39 is 38.5 Å². The normalized spacial score (nSPS) is 18.0. The Labute approximate surface area is 284 Å². The van der Waals surface area contributed by atoms with Crippen molar-refractivity contribution in [3.8, 4) is 17.6 Å². The number of aliphatic hydroxyl groups is 2. The third kappa shape index (κ3) is 7.19. The van der Waals surface area contributed by atoms with Crippen LogP contribution < -0.4 is 20.3 Å². The number of nitrogens with two attached hydrogens (primary N) is 1. The van der Waals surface area contributed by atoms with E-state index in [1.165, 1.54) is 6.33 Å². The fraction of sp³-hybridized carbons (Fsp3) is 0.294. The highest BCUT2D eigenvalue weighted by atomic mass is 31.2. The second kappa shape index (κ2) is 16.1. The quantitative estimate of drug-likeness (QED) is 0.0670. The van der Waals surface area contributed by atoms with Crippen LogP contribution >= 0.6 is 8.53 Å². The Morgan fingerprint density at radius 3 is 2.20 bits per heavy atom. The molecule has 0 aliphatic carbocycles. The van der Waals surface area contributed by atoms with Crippen molar-refractivity contribution in [3.63, 3.8) is 0 Å². The first kappa shape index (κ1) is 35.6. The van der Waals surface area contributed by atoms with Crippen LogP contribution in [0.1, 0.15) is 35.8 Å². The van der Waals surface area contributed by atoms with Gasteiger partial charge in [0.2, 0.25) is 8.53 Å². The lowest BCUT2D eigenvalue weighted by Crippen LogP contribution is -2.51. The number of hydrogen-bond donors (Lipinski definition) is 6. The van der Waals surface area contributed by atoms with Gasteiger partial charge in [0.05, 0.1) is 38.1 Å². The number of fused-ring (bicyclic) bond motifs is 1. The number of nitrogens with one attached hydrogen (secondary N) is 1. The lowest BCUT2D eigenvalue weighted by Gasteiger charge is -2.43. The largest absolute Gasteiger partial charge is 0.496 e. The Morgan fingerprint density at radius 1 is 1.00 bits per heavy atom. The van der Waals surface area contributed by atoms with Crippen molar-refractivity contribution >= 4 is 25.5 Å². The first-order chi connectivity index (χ1) is 23.8. The highest BCUT2D eigenvalue weighted by Gasteiger charge is 2.54. The van der Waals surface area contributed by atoms with E-state index in [1.54, 1.807) is 25.1 Å². The third-order valence-corrected chi connectivity index (χ3v) is 8.88. The van der Waals surface area contributed by atoms with Crippen molar-refractivity contribution in [2.75, 3.05) is 26.5 Å². The summed E-state index contributed by atoms with van der Waals surface area (Å²) >= 11 is 0. The Balaban J connectivity index is 0.000000523. The molecule has 49 heavy (non-hydrogen) atoms. The van der Waals surface area contributed by atoms with Gasteiger partial charge < -0.3 is 39.9 Å². The van der Waals surface area contributed by atoms with E-state index >= 15 is 0 Å². The number of benzene rings is 3. The highest BCUT2D eigenvalue weighted by Crippen LogP contribution is 2.51. The molecule has 0 saturated carbocycles. The summed E-state index contributed by atoms with van der Waals surface area (Å²) in [6.45, 7) is 0.342. The van der Waals surface area contributed by atoms with Crippen molar-refractivity contribution < 1.29 is 34.2 Å². The van der Waals surface area contributed by atoms with Gasteiger partial charge in [-0.15, -0.1) is 0 Å². The Hall–Kier alpha value is -4.71. The number of nitrogen functional groups attached to an aromatic ring is 1. The van der Waals surface area contributed by atoms with Crippen LogP contribution in [0.2, 0.25) is 0 Å². The molecule has 6 rings (SSSR count). The molecule has 3 aromatic carbocycles. The number of methoxy groups -OCH3 is 2. The number of aromatic nitrogens is 4. The SMILES string of the molecule is COc1ccccc1C(c1ccccc1)(c1ccccc1OC)C(O)[C@H]1O[C@@H](n2cnc3c(N)ncnc32)C[C@@H]1O.N#CCCNP(O)O. The van der Waals surface area contributed by atoms with Gasteiger partial charge in [-0.25, -0.2) is 20.0 Å². The molecule has 1 unspecified atom stereocenters. The van der Waals surface area contributed by atoms with E-state index in [2.05, 4.69) is 20.0 Å². The predicted octanol–water partition coefficient (Wildman–Crippen LogP) is 3.17. The Kier molecular flexibility index (Phi) is 11.7. The van der Waals surface area contributed by atoms with Crippen LogP contribution in [-0.4, -0.2) is 78.6 Å². The average molecular weight is 688 g/mol. The van der Waals surface area contributed by atoms with Gasteiger partial charge in [0.25, 0.3) is 0 Å². The van der Waals surface area contributed by atoms with Crippen molar-refractivity contribution in [3.05, 3.63) is 108 Å². The molecule has 1 fully saturated rings. The van der Waals surface area contributed by atoms with Gasteiger partial charge in [-0.1, -0.05) is 66.7 Å². The van der Waals surface area contributed by atoms with E-state index in [1.807, 2.05) is 84.9 Å². The van der Waals surface area contributed by atoms with E-state index in [9.17, 15) is 10.2 Å². The number of ether oxygens (including phenoxy) is 3. The lowest BCUT2D eigenvalue weighted by atomic mass is 9.63. The van der Waals surface area contributed by atoms with Gasteiger partial charge in [-0.2, -0.15) is 5.26 Å². The first-order valence-corrected chi connectivity index (χ1v) is 16.6. The number of aliphatic hydroxyl groups excluding tert-OH is 2. The minimum Gasteiger partial charge on any atom is -0.496 e. The molecule has 5 aromatic rings. The maximum absolute atomic E-state index is 12.6. The summed E-state index contributed by atoms with van der Waals surface area (Å²) in [7, 11) is 1.18. The minimum atomic E-state index is -2.01. The maximum Gasteiger partial charge on any atom is 0.250 e. The second-order valence-corrected chi connectivity index (χ2v) is 12.0. The molecule has 0 amide bonds. The second-order valence-electron chi connectivity index (χ2n) is 11.1. The monoisotopic (exact) mass is 687 g/mol. The van der Waals surface area contributed by atoms with Crippen molar-refractivity contribution in [2.24, 2.45) is 0 Å². The van der Waals surface area contributed by atoms with Crippen LogP contribution in [0.25, 0.3) is 11.2 Å². The number of rotatable bonds is 11. The van der Waals surface area contributed by atoms with Crippen LogP contribution in [0, 0.1) is 11.3 Å². The zero-order chi connectivity index (χ0) is 35.0. The summed E-state index contributed by atoms with van der Waals surface area (Å²) in [5.41, 5.74) is 7.80. The van der Waals surface area contributed by atoms with Crippen LogP contribution in [0.15, 0.2) is 91.5 Å². The number of anilines is 1. The summed E-state index contributed by atoms with van der Waals surface area (Å²) in [5, 5.41) is 34.3. The molecule has 0 radical (unpaired) electrons. The van der Waals surface area contributed by atoms with E-state index in [0.717, 1.165) is 5.56 Å². The van der Waals surface area contributed by atoms with E-state index in [0.29, 0.717) is 46.8 Å². The summed E-state index contributed by atoms with van der Waals surface area (Å²) < 4.78 is 19.9. The standard InChI is InChI=1S/C31H31N5O5.C3H7N2O2P/c1-39-23-14-8-6-12-20(23)31(19-10-4-3-5-11-19,21-13-7-9-15-24(21)40-2)28(38)27-22(37)16-25(41-27)36-18-35-26-29(32)33-17-34-30(26)36;4-2-1-3-5-8(6)7/h3-15,17-18,22,25,27-28,37-38H,16H2,1-2H3,(H2,32,33,34);5-7H,1,3H2/t22-,25+,27-,28?;/m0./s1. The molecular weight excluding hydrogens is 649 g/mol. The van der Waals surface area contributed by atoms with Crippen LogP contribution in [0.4, 0.5) is 5.82 Å². The molecular formula is C34H38N7O7P. The fourth-order valence-corrected chi connectivity index (χ4v) is 6.57. The molecule has 1 saturated heterocycles. The highest BCUT2D eigenvalue weighted by molar-refractivity contribution is 7.42. The van der Waals surface area contributed by atoms with E-state index in [-0.39, 0.29) is 12.2 Å². The summed E-state index contributed by atoms with van der Waals surface area (Å²) in [6, 6.07) is 26.6. The average Bonchev–Trinajstić information content (AvgIpc) is 3.74. The fourth-order valence-electron chi connectivity index (χ4n) is 6.26. The number of hydrogen-bond acceptors (Lipinski definition) is 13. The first-order valence-electron chi connectivity index (χ1n) is 15.3. The topological polar surface area (TPSA) is 214 Å². The van der Waals surface area contributed by atoms with Crippen molar-refractivity contribution in [1.29, 1.82) is 5.26 Å². The minimum absolute atomic E-state index is 0.194. The molecule has 1 aliphatic heterocycles. The molecule has 3 heterocycles. The van der Waals surface area contributed by atoms with E-state index in [4.69, 9.17) is 35.0 Å². The summed E-state index contributed by atoms with van der Waals surface area (Å²) in [4.78, 5) is 29.0. The molecule has 1 aliphatic rings. The lowest BCUT2D eigenvalue weighted by molar-refractivity contribution is -0.0963. The van der Waals surface area contributed by atoms with Crippen LogP contribution in [0.3, 0.4) is 0 Å². The Bertz CT molecular complexity index is 1820. The zero-order valence-electron chi connectivity index (χ0n) is 26.9. The molecule has 4 atom stereocenters. The van der Waals surface area contributed by atoms with Gasteiger partial charge in [-0.3, -0.25) is 4.57 Å². The number of para-hydroxylation sites is 2. The smallest absolute Gasteiger partial charge is 0.250 e. The van der Waals surface area contributed by atoms with Crippen molar-refractivity contribution in [2.45, 2.75) is 42.8 Å². The zero-order valence-corrected chi connectivity index (χ0v) is 27.8. The van der Waals surface area contributed by atoms with Gasteiger partial charge in [0, 0.05) is 30.5 Å². The van der Waals surface area contributed by atoms with Crippen LogP contribution in [0.5, 0.6) is 11.5 Å². The molecule has 2 aromatic heterocycles. The third-order valence-electron chi connectivity index (χ3n) is 8.37. The summed E-state index contributed by atoms with van der Waals surface area (Å²) in [5.74, 6) is 1.38.